The fourth-order valence-corrected chi connectivity index (χ4v) is 2.13. The highest BCUT2D eigenvalue weighted by atomic mass is 35.5. The van der Waals surface area contributed by atoms with Gasteiger partial charge in [0, 0.05) is 23.8 Å². The van der Waals surface area contributed by atoms with Gasteiger partial charge in [-0.05, 0) is 30.2 Å². The molecule has 2 aromatic rings. The van der Waals surface area contributed by atoms with Crippen LogP contribution in [0.2, 0.25) is 10.2 Å². The van der Waals surface area contributed by atoms with Gasteiger partial charge in [-0.3, -0.25) is 0 Å². The van der Waals surface area contributed by atoms with Gasteiger partial charge in [0.1, 0.15) is 5.15 Å². The van der Waals surface area contributed by atoms with E-state index in [1.807, 2.05) is 30.3 Å². The fourth-order valence-electron chi connectivity index (χ4n) is 1.72. The Balaban J connectivity index is 1.98. The first-order valence-electron chi connectivity index (χ1n) is 5.75. The number of nitrogens with zero attached hydrogens (tertiary/aromatic N) is 1. The van der Waals surface area contributed by atoms with Crippen LogP contribution in [0.25, 0.3) is 0 Å². The van der Waals surface area contributed by atoms with E-state index in [0.29, 0.717) is 5.15 Å². The van der Waals surface area contributed by atoms with Crippen LogP contribution in [0, 0.1) is 0 Å². The number of pyridine rings is 1. The monoisotopic (exact) mass is 280 g/mol. The molecule has 18 heavy (non-hydrogen) atoms. The summed E-state index contributed by atoms with van der Waals surface area (Å²) in [7, 11) is 0. The molecule has 1 N–H and O–H groups in total. The zero-order chi connectivity index (χ0) is 13.0. The van der Waals surface area contributed by atoms with Crippen molar-refractivity contribution in [1.29, 1.82) is 0 Å². The normalized spacial score (nSPS) is 12.4. The van der Waals surface area contributed by atoms with E-state index >= 15 is 0 Å². The SMILES string of the molecule is C[C@H](NCc1ccc(Cl)nc1)c1ccccc1Cl. The van der Waals surface area contributed by atoms with Gasteiger partial charge >= 0.3 is 0 Å². The number of hydrogen-bond donors (Lipinski definition) is 1. The maximum absolute atomic E-state index is 6.15. The van der Waals surface area contributed by atoms with Crippen molar-refractivity contribution in [2.75, 3.05) is 0 Å². The number of halogens is 2. The molecule has 1 heterocycles. The van der Waals surface area contributed by atoms with Gasteiger partial charge in [0.25, 0.3) is 0 Å². The lowest BCUT2D eigenvalue weighted by Gasteiger charge is -2.15. The van der Waals surface area contributed by atoms with Crippen LogP contribution in [-0.4, -0.2) is 4.98 Å². The average Bonchev–Trinajstić information content (AvgIpc) is 2.38. The molecule has 0 fully saturated rings. The van der Waals surface area contributed by atoms with Crippen molar-refractivity contribution in [3.05, 3.63) is 63.9 Å². The Kier molecular flexibility index (Phi) is 4.59. The third-order valence-corrected chi connectivity index (χ3v) is 3.34. The van der Waals surface area contributed by atoms with Gasteiger partial charge in [0.15, 0.2) is 0 Å². The number of rotatable bonds is 4. The number of aromatic nitrogens is 1. The summed E-state index contributed by atoms with van der Waals surface area (Å²) in [5, 5.41) is 4.70. The average molecular weight is 281 g/mol. The molecule has 0 aliphatic rings. The summed E-state index contributed by atoms with van der Waals surface area (Å²) in [5.41, 5.74) is 2.19. The number of benzene rings is 1. The third kappa shape index (κ3) is 3.45. The number of nitrogens with one attached hydrogen (secondary N) is 1. The van der Waals surface area contributed by atoms with Crippen molar-refractivity contribution in [3.8, 4) is 0 Å². The Hall–Kier alpha value is -1.09. The first-order chi connectivity index (χ1) is 8.66. The first-order valence-corrected chi connectivity index (χ1v) is 6.50. The summed E-state index contributed by atoms with van der Waals surface area (Å²) < 4.78 is 0. The van der Waals surface area contributed by atoms with Crippen LogP contribution in [0.15, 0.2) is 42.6 Å². The number of hydrogen-bond acceptors (Lipinski definition) is 2. The predicted molar refractivity (Wildman–Crippen MR) is 76.0 cm³/mol. The second kappa shape index (κ2) is 6.19. The zero-order valence-corrected chi connectivity index (χ0v) is 11.5. The third-order valence-electron chi connectivity index (χ3n) is 2.77. The molecule has 0 amide bonds. The largest absolute Gasteiger partial charge is 0.306 e. The van der Waals surface area contributed by atoms with Crippen molar-refractivity contribution < 1.29 is 0 Å². The minimum Gasteiger partial charge on any atom is -0.306 e. The van der Waals surface area contributed by atoms with E-state index in [4.69, 9.17) is 23.2 Å². The lowest BCUT2D eigenvalue weighted by Crippen LogP contribution is -2.18. The molecule has 0 bridgehead atoms. The summed E-state index contributed by atoms with van der Waals surface area (Å²) in [5.74, 6) is 0. The van der Waals surface area contributed by atoms with E-state index in [2.05, 4.69) is 17.2 Å². The van der Waals surface area contributed by atoms with E-state index in [-0.39, 0.29) is 6.04 Å². The Labute approximate surface area is 117 Å². The van der Waals surface area contributed by atoms with Gasteiger partial charge < -0.3 is 5.32 Å². The summed E-state index contributed by atoms with van der Waals surface area (Å²) in [6.07, 6.45) is 1.77. The quantitative estimate of drug-likeness (QED) is 0.848. The predicted octanol–water partition coefficient (Wildman–Crippen LogP) is 4.24. The van der Waals surface area contributed by atoms with Gasteiger partial charge in [-0.25, -0.2) is 4.98 Å². The summed E-state index contributed by atoms with van der Waals surface area (Å²) in [6, 6.07) is 11.8. The summed E-state index contributed by atoms with van der Waals surface area (Å²) >= 11 is 11.9. The molecule has 1 aromatic carbocycles. The molecular formula is C14H14Cl2N2. The fraction of sp³-hybridized carbons (Fsp3) is 0.214. The van der Waals surface area contributed by atoms with Gasteiger partial charge in [-0.2, -0.15) is 0 Å². The Morgan fingerprint density at radius 2 is 1.94 bits per heavy atom. The minimum absolute atomic E-state index is 0.189. The van der Waals surface area contributed by atoms with Crippen LogP contribution in [0.5, 0.6) is 0 Å². The highest BCUT2D eigenvalue weighted by molar-refractivity contribution is 6.31. The Morgan fingerprint density at radius 1 is 1.17 bits per heavy atom. The topological polar surface area (TPSA) is 24.9 Å². The molecule has 2 nitrogen and oxygen atoms in total. The smallest absolute Gasteiger partial charge is 0.129 e. The zero-order valence-electron chi connectivity index (χ0n) is 10.0. The van der Waals surface area contributed by atoms with Crippen LogP contribution in [0.1, 0.15) is 24.1 Å². The van der Waals surface area contributed by atoms with Crippen LogP contribution in [0.3, 0.4) is 0 Å². The van der Waals surface area contributed by atoms with E-state index in [1.165, 1.54) is 0 Å². The van der Waals surface area contributed by atoms with Crippen LogP contribution < -0.4 is 5.32 Å². The lowest BCUT2D eigenvalue weighted by molar-refractivity contribution is 0.574. The van der Waals surface area contributed by atoms with Crippen molar-refractivity contribution in [3.63, 3.8) is 0 Å². The van der Waals surface area contributed by atoms with Gasteiger partial charge in [-0.15, -0.1) is 0 Å². The summed E-state index contributed by atoms with van der Waals surface area (Å²) in [4.78, 5) is 4.05. The van der Waals surface area contributed by atoms with E-state index in [1.54, 1.807) is 12.3 Å². The van der Waals surface area contributed by atoms with E-state index < -0.39 is 0 Å². The highest BCUT2D eigenvalue weighted by Crippen LogP contribution is 2.22. The second-order valence-corrected chi connectivity index (χ2v) is 4.91. The van der Waals surface area contributed by atoms with Crippen molar-refractivity contribution in [1.82, 2.24) is 10.3 Å². The molecule has 0 unspecified atom stereocenters. The van der Waals surface area contributed by atoms with Gasteiger partial charge in [-0.1, -0.05) is 47.5 Å². The van der Waals surface area contributed by atoms with Crippen molar-refractivity contribution >= 4 is 23.2 Å². The molecule has 1 aromatic heterocycles. The van der Waals surface area contributed by atoms with E-state index in [9.17, 15) is 0 Å². The maximum Gasteiger partial charge on any atom is 0.129 e. The van der Waals surface area contributed by atoms with Gasteiger partial charge in [0.05, 0.1) is 0 Å². The van der Waals surface area contributed by atoms with Crippen molar-refractivity contribution in [2.45, 2.75) is 19.5 Å². The molecule has 0 aliphatic heterocycles. The standard InChI is InChI=1S/C14H14Cl2N2/c1-10(12-4-2-3-5-13(12)15)17-8-11-6-7-14(16)18-9-11/h2-7,9-10,17H,8H2,1H3/t10-/m0/s1. The second-order valence-electron chi connectivity index (χ2n) is 4.11. The van der Waals surface area contributed by atoms with Gasteiger partial charge in [0.2, 0.25) is 0 Å². The van der Waals surface area contributed by atoms with Crippen molar-refractivity contribution in [2.24, 2.45) is 0 Å². The molecule has 2 rings (SSSR count). The van der Waals surface area contributed by atoms with E-state index in [0.717, 1.165) is 22.7 Å². The molecule has 0 spiro atoms. The Bertz CT molecular complexity index is 511. The minimum atomic E-state index is 0.189. The summed E-state index contributed by atoms with van der Waals surface area (Å²) in [6.45, 7) is 2.82. The molecule has 0 saturated heterocycles. The highest BCUT2D eigenvalue weighted by Gasteiger charge is 2.08. The molecule has 0 radical (unpaired) electrons. The Morgan fingerprint density at radius 3 is 2.61 bits per heavy atom. The lowest BCUT2D eigenvalue weighted by atomic mass is 10.1. The molecule has 1 atom stereocenters. The van der Waals surface area contributed by atoms with Crippen LogP contribution in [0.4, 0.5) is 0 Å². The first kappa shape index (κ1) is 13.3. The molecule has 4 heteroatoms. The molecular weight excluding hydrogens is 267 g/mol. The van der Waals surface area contributed by atoms with Crippen LogP contribution in [-0.2, 0) is 6.54 Å². The molecule has 0 saturated carbocycles. The van der Waals surface area contributed by atoms with Crippen LogP contribution >= 0.6 is 23.2 Å². The molecule has 0 aliphatic carbocycles. The molecule has 94 valence electrons. The maximum atomic E-state index is 6.15.